The highest BCUT2D eigenvalue weighted by molar-refractivity contribution is 5.67. The predicted molar refractivity (Wildman–Crippen MR) is 149 cm³/mol. The van der Waals surface area contributed by atoms with Crippen LogP contribution in [-0.2, 0) is 38.1 Å². The number of allylic oxidation sites excluding steroid dienone is 1. The molecule has 6 rings (SSSR count). The molecule has 4 aliphatic carbocycles. The molecular weight excluding hydrogens is 524 g/mol. The molecule has 0 aromatic rings. The lowest BCUT2D eigenvalue weighted by Gasteiger charge is -2.59. The van der Waals surface area contributed by atoms with Crippen LogP contribution in [0.2, 0.25) is 0 Å². The standard InChI is InChI=1S/C33H48O8/c1-18-29-27(40-33(18)13-12-30(5,41-33)17-37-19(2)34)15-25-23-9-8-22-14-26(38-20(3)35)28(39-21(4)36)16-32(22,7)24(23)10-11-31(25,29)6/h8,18,23-29H,9-17H2,1-7H3. The molecule has 0 amide bonds. The van der Waals surface area contributed by atoms with E-state index in [2.05, 4.69) is 26.8 Å². The van der Waals surface area contributed by atoms with Gasteiger partial charge in [0.2, 0.25) is 0 Å². The van der Waals surface area contributed by atoms with E-state index in [1.165, 1.54) is 26.3 Å². The molecule has 0 aromatic heterocycles. The summed E-state index contributed by atoms with van der Waals surface area (Å²) in [5.74, 6) is 0.737. The van der Waals surface area contributed by atoms with E-state index in [4.69, 9.17) is 23.7 Å². The Morgan fingerprint density at radius 3 is 2.34 bits per heavy atom. The van der Waals surface area contributed by atoms with E-state index >= 15 is 0 Å². The SMILES string of the molecule is CC(=O)OCC1(C)CCC2(OC3CC4C5CC=C6CC(OC(C)=O)C(OC(C)=O)CC6(C)C5CCC4(C)C3C2C)O1. The molecule has 6 aliphatic rings. The first kappa shape index (κ1) is 29.2. The Labute approximate surface area is 244 Å². The number of fused-ring (bicyclic) bond motifs is 7. The van der Waals surface area contributed by atoms with E-state index < -0.39 is 23.6 Å². The van der Waals surface area contributed by atoms with E-state index in [1.807, 2.05) is 6.92 Å². The number of ether oxygens (including phenoxy) is 5. The van der Waals surface area contributed by atoms with Crippen molar-refractivity contribution in [3.05, 3.63) is 11.6 Å². The van der Waals surface area contributed by atoms with Gasteiger partial charge in [0.1, 0.15) is 24.4 Å². The summed E-state index contributed by atoms with van der Waals surface area (Å²) in [4.78, 5) is 35.3. The zero-order valence-electron chi connectivity index (χ0n) is 25.8. The number of carbonyl (C=O) groups excluding carboxylic acids is 3. The van der Waals surface area contributed by atoms with Crippen molar-refractivity contribution in [2.24, 2.45) is 40.4 Å². The van der Waals surface area contributed by atoms with Crippen LogP contribution in [0.15, 0.2) is 11.6 Å². The Hall–Kier alpha value is -1.93. The molecule has 41 heavy (non-hydrogen) atoms. The van der Waals surface area contributed by atoms with Crippen molar-refractivity contribution in [2.75, 3.05) is 6.61 Å². The summed E-state index contributed by atoms with van der Waals surface area (Å²) in [5, 5.41) is 0. The van der Waals surface area contributed by atoms with Gasteiger partial charge >= 0.3 is 17.9 Å². The van der Waals surface area contributed by atoms with Gasteiger partial charge < -0.3 is 23.7 Å². The van der Waals surface area contributed by atoms with Crippen molar-refractivity contribution >= 4 is 17.9 Å². The van der Waals surface area contributed by atoms with Gasteiger partial charge in [0.15, 0.2) is 5.79 Å². The third-order valence-corrected chi connectivity index (χ3v) is 12.4. The minimum Gasteiger partial charge on any atom is -0.463 e. The maximum Gasteiger partial charge on any atom is 0.303 e. The normalized spacial score (nSPS) is 49.8. The Morgan fingerprint density at radius 2 is 1.66 bits per heavy atom. The smallest absolute Gasteiger partial charge is 0.303 e. The molecule has 0 bridgehead atoms. The molecule has 3 saturated carbocycles. The molecule has 8 heteroatoms. The largest absolute Gasteiger partial charge is 0.463 e. The lowest BCUT2D eigenvalue weighted by molar-refractivity contribution is -0.263. The van der Waals surface area contributed by atoms with Crippen molar-refractivity contribution in [1.29, 1.82) is 0 Å². The average Bonchev–Trinajstić information content (AvgIpc) is 3.46. The molecule has 12 unspecified atom stereocenters. The highest BCUT2D eigenvalue weighted by Crippen LogP contribution is 2.71. The van der Waals surface area contributed by atoms with Crippen molar-refractivity contribution in [2.45, 2.75) is 130 Å². The van der Waals surface area contributed by atoms with Crippen molar-refractivity contribution in [3.63, 3.8) is 0 Å². The second-order valence-corrected chi connectivity index (χ2v) is 14.9. The average molecular weight is 573 g/mol. The second kappa shape index (κ2) is 9.80. The fourth-order valence-electron chi connectivity index (χ4n) is 10.7. The van der Waals surface area contributed by atoms with Crippen LogP contribution >= 0.6 is 0 Å². The minimum atomic E-state index is -0.604. The van der Waals surface area contributed by atoms with Gasteiger partial charge in [0.25, 0.3) is 0 Å². The lowest BCUT2D eigenvalue weighted by atomic mass is 9.46. The van der Waals surface area contributed by atoms with Crippen LogP contribution in [0, 0.1) is 40.4 Å². The number of carbonyl (C=O) groups is 3. The van der Waals surface area contributed by atoms with Crippen LogP contribution < -0.4 is 0 Å². The van der Waals surface area contributed by atoms with Crippen LogP contribution in [0.25, 0.3) is 0 Å². The van der Waals surface area contributed by atoms with E-state index in [1.54, 1.807) is 0 Å². The fraction of sp³-hybridized carbons (Fsp3) is 0.848. The molecule has 0 N–H and O–H groups in total. The molecular formula is C33H48O8. The zero-order chi connectivity index (χ0) is 29.5. The zero-order valence-corrected chi connectivity index (χ0v) is 25.8. The van der Waals surface area contributed by atoms with Gasteiger partial charge in [-0.05, 0) is 80.0 Å². The summed E-state index contributed by atoms with van der Waals surface area (Å²) in [6.45, 7) is 13.8. The van der Waals surface area contributed by atoms with E-state index in [9.17, 15) is 14.4 Å². The molecule has 0 aromatic carbocycles. The summed E-state index contributed by atoms with van der Waals surface area (Å²) in [5.41, 5.74) is 0.933. The maximum atomic E-state index is 12.0. The Morgan fingerprint density at radius 1 is 0.951 bits per heavy atom. The first-order valence-electron chi connectivity index (χ1n) is 15.7. The summed E-state index contributed by atoms with van der Waals surface area (Å²) in [7, 11) is 0. The summed E-state index contributed by atoms with van der Waals surface area (Å²) < 4.78 is 30.4. The highest BCUT2D eigenvalue weighted by Gasteiger charge is 2.70. The second-order valence-electron chi connectivity index (χ2n) is 14.9. The van der Waals surface area contributed by atoms with Crippen LogP contribution in [0.4, 0.5) is 0 Å². The van der Waals surface area contributed by atoms with Crippen molar-refractivity contribution < 1.29 is 38.1 Å². The first-order chi connectivity index (χ1) is 19.2. The van der Waals surface area contributed by atoms with Gasteiger partial charge in [0, 0.05) is 39.5 Å². The van der Waals surface area contributed by atoms with Gasteiger partial charge in [-0.2, -0.15) is 0 Å². The monoisotopic (exact) mass is 572 g/mol. The molecule has 2 saturated heterocycles. The third kappa shape index (κ3) is 4.57. The van der Waals surface area contributed by atoms with Gasteiger partial charge in [-0.3, -0.25) is 14.4 Å². The van der Waals surface area contributed by atoms with E-state index in [0.717, 1.165) is 38.5 Å². The van der Waals surface area contributed by atoms with E-state index in [0.29, 0.717) is 36.5 Å². The Kier molecular flexibility index (Phi) is 6.97. The summed E-state index contributed by atoms with van der Waals surface area (Å²) in [6, 6.07) is 0. The number of rotatable bonds is 4. The molecule has 12 atom stereocenters. The van der Waals surface area contributed by atoms with Gasteiger partial charge in [0.05, 0.1) is 6.10 Å². The van der Waals surface area contributed by atoms with E-state index in [-0.39, 0.29) is 47.4 Å². The van der Waals surface area contributed by atoms with Gasteiger partial charge in [-0.1, -0.05) is 32.4 Å². The Bertz CT molecular complexity index is 1150. The molecule has 2 heterocycles. The topological polar surface area (TPSA) is 97.4 Å². The predicted octanol–water partition coefficient (Wildman–Crippen LogP) is 5.51. The molecule has 5 fully saturated rings. The number of hydrogen-bond donors (Lipinski definition) is 0. The maximum absolute atomic E-state index is 12.0. The quantitative estimate of drug-likeness (QED) is 0.247. The molecule has 1 spiro atoms. The molecule has 228 valence electrons. The minimum absolute atomic E-state index is 0.0838. The van der Waals surface area contributed by atoms with Gasteiger partial charge in [-0.15, -0.1) is 0 Å². The molecule has 2 aliphatic heterocycles. The van der Waals surface area contributed by atoms with Gasteiger partial charge in [-0.25, -0.2) is 0 Å². The van der Waals surface area contributed by atoms with Crippen LogP contribution in [0.3, 0.4) is 0 Å². The third-order valence-electron chi connectivity index (χ3n) is 12.4. The van der Waals surface area contributed by atoms with Crippen LogP contribution in [-0.4, -0.2) is 54.2 Å². The first-order valence-corrected chi connectivity index (χ1v) is 15.7. The van der Waals surface area contributed by atoms with Crippen LogP contribution in [0.5, 0.6) is 0 Å². The summed E-state index contributed by atoms with van der Waals surface area (Å²) >= 11 is 0. The Balaban J connectivity index is 1.22. The number of esters is 3. The van der Waals surface area contributed by atoms with Crippen molar-refractivity contribution in [1.82, 2.24) is 0 Å². The number of hydrogen-bond acceptors (Lipinski definition) is 8. The van der Waals surface area contributed by atoms with Crippen LogP contribution in [0.1, 0.15) is 99.8 Å². The molecule has 0 radical (unpaired) electrons. The fourth-order valence-corrected chi connectivity index (χ4v) is 10.7. The highest BCUT2D eigenvalue weighted by atomic mass is 16.7. The van der Waals surface area contributed by atoms with Crippen molar-refractivity contribution in [3.8, 4) is 0 Å². The summed E-state index contributed by atoms with van der Waals surface area (Å²) in [6.07, 6.45) is 9.08. The lowest BCUT2D eigenvalue weighted by Crippen LogP contribution is -2.54. The molecule has 8 nitrogen and oxygen atoms in total.